The van der Waals surface area contributed by atoms with Crippen molar-refractivity contribution in [1.29, 1.82) is 0 Å². The van der Waals surface area contributed by atoms with Gasteiger partial charge in [0.05, 0.1) is 4.90 Å². The normalized spacial score (nSPS) is 19.4. The minimum absolute atomic E-state index is 0.198. The SMILES string of the molecule is Cc1ccc(S(=O)(=O)O)c(C)c1C1(F)CCOCC1. The molecule has 4 nitrogen and oxygen atoms in total. The van der Waals surface area contributed by atoms with E-state index in [1.807, 2.05) is 0 Å². The first-order chi connectivity index (χ1) is 8.76. The van der Waals surface area contributed by atoms with Gasteiger partial charge in [0.25, 0.3) is 10.1 Å². The molecule has 106 valence electrons. The molecule has 1 aliphatic rings. The van der Waals surface area contributed by atoms with E-state index in [-0.39, 0.29) is 23.3 Å². The number of ether oxygens (including phenoxy) is 1. The molecule has 0 radical (unpaired) electrons. The zero-order valence-corrected chi connectivity index (χ0v) is 11.8. The van der Waals surface area contributed by atoms with Crippen LogP contribution in [0.3, 0.4) is 0 Å². The van der Waals surface area contributed by atoms with Gasteiger partial charge in [0.1, 0.15) is 5.67 Å². The van der Waals surface area contributed by atoms with Crippen molar-refractivity contribution >= 4 is 10.1 Å². The smallest absolute Gasteiger partial charge is 0.294 e. The maximum Gasteiger partial charge on any atom is 0.294 e. The fourth-order valence-electron chi connectivity index (χ4n) is 2.74. The van der Waals surface area contributed by atoms with E-state index < -0.39 is 15.8 Å². The first-order valence-electron chi connectivity index (χ1n) is 6.10. The summed E-state index contributed by atoms with van der Waals surface area (Å²) in [7, 11) is -4.34. The van der Waals surface area contributed by atoms with Gasteiger partial charge in [0.2, 0.25) is 0 Å². The average molecular weight is 288 g/mol. The summed E-state index contributed by atoms with van der Waals surface area (Å²) in [5.74, 6) is 0. The summed E-state index contributed by atoms with van der Waals surface area (Å²) >= 11 is 0. The summed E-state index contributed by atoms with van der Waals surface area (Å²) in [4.78, 5) is -0.225. The molecule has 2 rings (SSSR count). The molecule has 1 fully saturated rings. The van der Waals surface area contributed by atoms with E-state index in [4.69, 9.17) is 4.74 Å². The second-order valence-corrected chi connectivity index (χ2v) is 6.32. The molecule has 0 spiro atoms. The molecule has 0 saturated carbocycles. The summed E-state index contributed by atoms with van der Waals surface area (Å²) in [6.45, 7) is 3.89. The van der Waals surface area contributed by atoms with Gasteiger partial charge < -0.3 is 4.74 Å². The average Bonchev–Trinajstić information content (AvgIpc) is 2.27. The maximum absolute atomic E-state index is 15.0. The number of alkyl halides is 1. The number of hydrogen-bond donors (Lipinski definition) is 1. The van der Waals surface area contributed by atoms with Gasteiger partial charge in [-0.1, -0.05) is 6.07 Å². The minimum atomic E-state index is -4.34. The van der Waals surface area contributed by atoms with Gasteiger partial charge in [0.15, 0.2) is 0 Å². The predicted octanol–water partition coefficient (Wildman–Crippen LogP) is 2.53. The topological polar surface area (TPSA) is 63.6 Å². The maximum atomic E-state index is 15.0. The molecule has 0 bridgehead atoms. The van der Waals surface area contributed by atoms with E-state index in [0.29, 0.717) is 24.3 Å². The molecule has 0 unspecified atom stereocenters. The van der Waals surface area contributed by atoms with Crippen LogP contribution >= 0.6 is 0 Å². The van der Waals surface area contributed by atoms with Gasteiger partial charge in [-0.2, -0.15) is 8.42 Å². The monoisotopic (exact) mass is 288 g/mol. The summed E-state index contributed by atoms with van der Waals surface area (Å²) in [5.41, 5.74) is -0.250. The van der Waals surface area contributed by atoms with Crippen molar-refractivity contribution < 1.29 is 22.1 Å². The third-order valence-electron chi connectivity index (χ3n) is 3.63. The fraction of sp³-hybridized carbons (Fsp3) is 0.538. The molecule has 1 N–H and O–H groups in total. The molecule has 1 aromatic rings. The van der Waals surface area contributed by atoms with Gasteiger partial charge in [-0.3, -0.25) is 4.55 Å². The minimum Gasteiger partial charge on any atom is -0.381 e. The highest BCUT2D eigenvalue weighted by atomic mass is 32.2. The van der Waals surface area contributed by atoms with Crippen molar-refractivity contribution in [3.63, 3.8) is 0 Å². The Morgan fingerprint density at radius 2 is 1.84 bits per heavy atom. The lowest BCUT2D eigenvalue weighted by Gasteiger charge is -2.32. The van der Waals surface area contributed by atoms with Gasteiger partial charge in [-0.25, -0.2) is 4.39 Å². The second kappa shape index (κ2) is 4.85. The number of rotatable bonds is 2. The summed E-state index contributed by atoms with van der Waals surface area (Å²) < 4.78 is 52.0. The Labute approximate surface area is 112 Å². The van der Waals surface area contributed by atoms with Crippen LogP contribution in [0.4, 0.5) is 4.39 Å². The van der Waals surface area contributed by atoms with Crippen LogP contribution < -0.4 is 0 Å². The highest BCUT2D eigenvalue weighted by molar-refractivity contribution is 7.85. The van der Waals surface area contributed by atoms with Gasteiger partial charge in [0, 0.05) is 26.1 Å². The summed E-state index contributed by atoms with van der Waals surface area (Å²) in [6, 6.07) is 2.84. The Hall–Kier alpha value is -0.980. The number of hydrogen-bond acceptors (Lipinski definition) is 3. The summed E-state index contributed by atoms with van der Waals surface area (Å²) in [6.07, 6.45) is 0.396. The Balaban J connectivity index is 2.63. The molecule has 0 atom stereocenters. The zero-order valence-electron chi connectivity index (χ0n) is 10.9. The lowest BCUT2D eigenvalue weighted by atomic mass is 9.83. The van der Waals surface area contributed by atoms with Crippen molar-refractivity contribution in [3.05, 3.63) is 28.8 Å². The first-order valence-corrected chi connectivity index (χ1v) is 7.54. The molecule has 1 aliphatic heterocycles. The van der Waals surface area contributed by atoms with Crippen LogP contribution in [0, 0.1) is 13.8 Å². The standard InChI is InChI=1S/C13H17FO4S/c1-9-3-4-11(19(15,16)17)10(2)12(9)13(14)5-7-18-8-6-13/h3-4H,5-8H2,1-2H3,(H,15,16,17). The molecule has 0 aliphatic carbocycles. The highest BCUT2D eigenvalue weighted by Gasteiger charge is 2.38. The molecule has 1 heterocycles. The quantitative estimate of drug-likeness (QED) is 0.849. The number of benzene rings is 1. The van der Waals surface area contributed by atoms with Crippen molar-refractivity contribution in [2.75, 3.05) is 13.2 Å². The number of halogens is 1. The molecular formula is C13H17FO4S. The Morgan fingerprint density at radius 3 is 2.37 bits per heavy atom. The molecule has 19 heavy (non-hydrogen) atoms. The van der Waals surface area contributed by atoms with Crippen molar-refractivity contribution in [1.82, 2.24) is 0 Å². The fourth-order valence-corrected chi connectivity index (χ4v) is 3.47. The van der Waals surface area contributed by atoms with Crippen LogP contribution in [0.5, 0.6) is 0 Å². The van der Waals surface area contributed by atoms with E-state index in [1.165, 1.54) is 19.1 Å². The second-order valence-electron chi connectivity index (χ2n) is 4.93. The first kappa shape index (κ1) is 14.4. The van der Waals surface area contributed by atoms with E-state index >= 15 is 4.39 Å². The van der Waals surface area contributed by atoms with Crippen LogP contribution in [-0.2, 0) is 20.5 Å². The van der Waals surface area contributed by atoms with E-state index in [9.17, 15) is 13.0 Å². The van der Waals surface area contributed by atoms with E-state index in [2.05, 4.69) is 0 Å². The molecule has 1 saturated heterocycles. The lowest BCUT2D eigenvalue weighted by molar-refractivity contribution is -0.0122. The van der Waals surface area contributed by atoms with E-state index in [0.717, 1.165) is 0 Å². The highest BCUT2D eigenvalue weighted by Crippen LogP contribution is 2.41. The third-order valence-corrected chi connectivity index (χ3v) is 4.63. The van der Waals surface area contributed by atoms with Crippen molar-refractivity contribution in [2.45, 2.75) is 37.3 Å². The predicted molar refractivity (Wildman–Crippen MR) is 68.6 cm³/mol. The van der Waals surface area contributed by atoms with Crippen molar-refractivity contribution in [3.8, 4) is 0 Å². The van der Waals surface area contributed by atoms with Crippen LogP contribution in [0.2, 0.25) is 0 Å². The molecule has 0 aromatic heterocycles. The molecule has 6 heteroatoms. The van der Waals surface area contributed by atoms with Crippen molar-refractivity contribution in [2.24, 2.45) is 0 Å². The van der Waals surface area contributed by atoms with Gasteiger partial charge >= 0.3 is 0 Å². The van der Waals surface area contributed by atoms with Crippen LogP contribution in [-0.4, -0.2) is 26.2 Å². The van der Waals surface area contributed by atoms with Crippen LogP contribution in [0.25, 0.3) is 0 Å². The largest absolute Gasteiger partial charge is 0.381 e. The van der Waals surface area contributed by atoms with E-state index in [1.54, 1.807) is 6.92 Å². The molecule has 1 aromatic carbocycles. The number of aryl methyl sites for hydroxylation is 1. The third kappa shape index (κ3) is 2.66. The van der Waals surface area contributed by atoms with Crippen LogP contribution in [0.1, 0.15) is 29.5 Å². The Morgan fingerprint density at radius 1 is 1.26 bits per heavy atom. The van der Waals surface area contributed by atoms with Gasteiger partial charge in [-0.15, -0.1) is 0 Å². The summed E-state index contributed by atoms with van der Waals surface area (Å²) in [5, 5.41) is 0. The lowest BCUT2D eigenvalue weighted by Crippen LogP contribution is -2.31. The molecule has 0 amide bonds. The Kier molecular flexibility index (Phi) is 3.68. The van der Waals surface area contributed by atoms with Crippen LogP contribution in [0.15, 0.2) is 17.0 Å². The zero-order chi connectivity index (χ0) is 14.3. The molecular weight excluding hydrogens is 271 g/mol. The van der Waals surface area contributed by atoms with Gasteiger partial charge in [-0.05, 0) is 36.6 Å². The Bertz CT molecular complexity index is 589.